The number of rotatable bonds is 3. The smallest absolute Gasteiger partial charge is 0.184 e. The van der Waals surface area contributed by atoms with E-state index in [1.165, 1.54) is 0 Å². The van der Waals surface area contributed by atoms with Crippen LogP contribution in [0.2, 0.25) is 0 Å². The van der Waals surface area contributed by atoms with E-state index in [1.54, 1.807) is 24.0 Å². The Bertz CT molecular complexity index is 1240. The molecule has 5 heterocycles. The predicted octanol–water partition coefficient (Wildman–Crippen LogP) is 2.70. The van der Waals surface area contributed by atoms with Gasteiger partial charge in [-0.05, 0) is 32.0 Å². The summed E-state index contributed by atoms with van der Waals surface area (Å²) in [6.07, 6.45) is 5.70. The van der Waals surface area contributed by atoms with E-state index in [2.05, 4.69) is 27.9 Å². The second-order valence-electron chi connectivity index (χ2n) is 7.62. The van der Waals surface area contributed by atoms with Crippen molar-refractivity contribution in [2.45, 2.75) is 20.0 Å². The number of aromatic nitrogens is 5. The average molecular weight is 405 g/mol. The van der Waals surface area contributed by atoms with Gasteiger partial charge in [0.15, 0.2) is 17.3 Å². The van der Waals surface area contributed by atoms with Crippen LogP contribution in [0.3, 0.4) is 0 Å². The summed E-state index contributed by atoms with van der Waals surface area (Å²) >= 11 is 0. The monoisotopic (exact) mass is 405 g/mol. The molecule has 0 aliphatic carbocycles. The van der Waals surface area contributed by atoms with Crippen LogP contribution in [0.1, 0.15) is 12.6 Å². The third-order valence-corrected chi connectivity index (χ3v) is 5.45. The molecule has 1 fully saturated rings. The van der Waals surface area contributed by atoms with Crippen LogP contribution in [0.15, 0.2) is 36.8 Å². The maximum absolute atomic E-state index is 9.81. The summed E-state index contributed by atoms with van der Waals surface area (Å²) in [6, 6.07) is 5.87. The number of hydrogen-bond acceptors (Lipinski definition) is 8. The average Bonchev–Trinajstić information content (AvgIpc) is 3.16. The van der Waals surface area contributed by atoms with E-state index in [-0.39, 0.29) is 6.10 Å². The zero-order chi connectivity index (χ0) is 20.8. The molecule has 9 nitrogen and oxygen atoms in total. The molecule has 0 saturated carbocycles. The number of ether oxygens (including phenoxy) is 1. The fourth-order valence-corrected chi connectivity index (χ4v) is 3.84. The third-order valence-electron chi connectivity index (χ3n) is 5.45. The summed E-state index contributed by atoms with van der Waals surface area (Å²) in [7, 11) is 1.54. The molecule has 4 aromatic heterocycles. The van der Waals surface area contributed by atoms with Crippen LogP contribution in [0.5, 0.6) is 0 Å². The first-order chi connectivity index (χ1) is 14.5. The van der Waals surface area contributed by atoms with Gasteiger partial charge in [0.05, 0.1) is 24.6 Å². The van der Waals surface area contributed by atoms with Crippen molar-refractivity contribution < 1.29 is 9.94 Å². The van der Waals surface area contributed by atoms with Crippen molar-refractivity contribution in [3.63, 3.8) is 0 Å². The minimum Gasteiger partial charge on any atom is -0.375 e. The van der Waals surface area contributed by atoms with Crippen LogP contribution in [0.4, 0.5) is 11.5 Å². The number of fused-ring (bicyclic) bond motifs is 2. The van der Waals surface area contributed by atoms with Crippen molar-refractivity contribution in [1.29, 1.82) is 0 Å². The fraction of sp³-hybridized carbons (Fsp3) is 0.333. The first kappa shape index (κ1) is 18.7. The second kappa shape index (κ2) is 7.19. The van der Waals surface area contributed by atoms with Gasteiger partial charge in [0, 0.05) is 54.6 Å². The molecule has 0 amide bonds. The fourth-order valence-electron chi connectivity index (χ4n) is 3.84. The summed E-state index contributed by atoms with van der Waals surface area (Å²) in [5.74, 6) is 1.03. The molecule has 9 heteroatoms. The van der Waals surface area contributed by atoms with Crippen LogP contribution >= 0.6 is 0 Å². The van der Waals surface area contributed by atoms with Gasteiger partial charge >= 0.3 is 0 Å². The zero-order valence-electron chi connectivity index (χ0n) is 17.1. The van der Waals surface area contributed by atoms with Crippen molar-refractivity contribution >= 4 is 27.9 Å². The van der Waals surface area contributed by atoms with E-state index in [9.17, 15) is 5.21 Å². The van der Waals surface area contributed by atoms with Crippen molar-refractivity contribution in [2.24, 2.45) is 0 Å². The van der Waals surface area contributed by atoms with Crippen LogP contribution in [0, 0.1) is 6.92 Å². The molecule has 1 atom stereocenters. The van der Waals surface area contributed by atoms with Gasteiger partial charge in [0.1, 0.15) is 0 Å². The van der Waals surface area contributed by atoms with Crippen molar-refractivity contribution in [3.8, 4) is 11.4 Å². The number of anilines is 2. The number of hydroxylamine groups is 1. The summed E-state index contributed by atoms with van der Waals surface area (Å²) in [5.41, 5.74) is 3.51. The Hall–Kier alpha value is -3.30. The maximum atomic E-state index is 9.81. The van der Waals surface area contributed by atoms with E-state index in [0.717, 1.165) is 58.1 Å². The SMILES string of the molecule is Cc1ncc(-c2nc3ccc(N4CCOC(C)C4)cn3n2)c2cc(N(C)O)ncc12. The number of pyridine rings is 3. The van der Waals surface area contributed by atoms with Crippen LogP contribution < -0.4 is 9.96 Å². The quantitative estimate of drug-likeness (QED) is 0.520. The van der Waals surface area contributed by atoms with E-state index < -0.39 is 0 Å². The molecule has 1 aliphatic rings. The molecule has 0 radical (unpaired) electrons. The highest BCUT2D eigenvalue weighted by Crippen LogP contribution is 2.30. The standard InChI is InChI=1S/C21H23N7O2/c1-13-11-27(6-7-30-13)15-4-5-19-24-21(25-28(19)12-15)18-10-22-14(2)17-9-23-20(26(3)29)8-16(17)18/h4-5,8-10,12-13,29H,6-7,11H2,1-3H3. The molecule has 0 bridgehead atoms. The Labute approximate surface area is 173 Å². The molecule has 1 unspecified atom stereocenters. The van der Waals surface area contributed by atoms with Crippen molar-refractivity contribution in [3.05, 3.63) is 42.5 Å². The largest absolute Gasteiger partial charge is 0.375 e. The molecule has 30 heavy (non-hydrogen) atoms. The molecule has 0 spiro atoms. The molecule has 154 valence electrons. The van der Waals surface area contributed by atoms with Crippen molar-refractivity contribution in [1.82, 2.24) is 24.6 Å². The Balaban J connectivity index is 1.60. The molecular formula is C21H23N7O2. The van der Waals surface area contributed by atoms with E-state index in [0.29, 0.717) is 11.6 Å². The normalized spacial score (nSPS) is 17.1. The first-order valence-electron chi connectivity index (χ1n) is 9.91. The number of hydrogen-bond donors (Lipinski definition) is 1. The molecule has 1 N–H and O–H groups in total. The van der Waals surface area contributed by atoms with Gasteiger partial charge in [-0.1, -0.05) is 0 Å². The Morgan fingerprint density at radius 3 is 2.87 bits per heavy atom. The van der Waals surface area contributed by atoms with Gasteiger partial charge in [-0.15, -0.1) is 5.10 Å². The van der Waals surface area contributed by atoms with Crippen LogP contribution in [0.25, 0.3) is 27.8 Å². The summed E-state index contributed by atoms with van der Waals surface area (Å²) in [4.78, 5) is 15.8. The highest BCUT2D eigenvalue weighted by Gasteiger charge is 2.19. The second-order valence-corrected chi connectivity index (χ2v) is 7.62. The highest BCUT2D eigenvalue weighted by atomic mass is 16.5. The van der Waals surface area contributed by atoms with Gasteiger partial charge < -0.3 is 9.64 Å². The highest BCUT2D eigenvalue weighted by molar-refractivity contribution is 5.97. The molecule has 4 aromatic rings. The first-order valence-corrected chi connectivity index (χ1v) is 9.91. The minimum absolute atomic E-state index is 0.207. The Morgan fingerprint density at radius 1 is 1.20 bits per heavy atom. The maximum Gasteiger partial charge on any atom is 0.184 e. The Morgan fingerprint density at radius 2 is 2.07 bits per heavy atom. The Kier molecular flexibility index (Phi) is 4.48. The molecular weight excluding hydrogens is 382 g/mol. The van der Waals surface area contributed by atoms with E-state index >= 15 is 0 Å². The number of morpholine rings is 1. The van der Waals surface area contributed by atoms with E-state index in [1.807, 2.05) is 25.3 Å². The van der Waals surface area contributed by atoms with Gasteiger partial charge in [0.25, 0.3) is 0 Å². The lowest BCUT2D eigenvalue weighted by Crippen LogP contribution is -2.41. The molecule has 1 saturated heterocycles. The van der Waals surface area contributed by atoms with Crippen LogP contribution in [-0.2, 0) is 4.74 Å². The van der Waals surface area contributed by atoms with E-state index in [4.69, 9.17) is 14.8 Å². The van der Waals surface area contributed by atoms with Crippen molar-refractivity contribution in [2.75, 3.05) is 36.7 Å². The summed E-state index contributed by atoms with van der Waals surface area (Å²) in [5, 5.41) is 17.3. The lowest BCUT2D eigenvalue weighted by molar-refractivity contribution is 0.0532. The van der Waals surface area contributed by atoms with Gasteiger partial charge in [-0.25, -0.2) is 19.5 Å². The van der Waals surface area contributed by atoms with Gasteiger partial charge in [-0.2, -0.15) is 0 Å². The zero-order valence-corrected chi connectivity index (χ0v) is 17.1. The predicted molar refractivity (Wildman–Crippen MR) is 114 cm³/mol. The molecule has 5 rings (SSSR count). The van der Waals surface area contributed by atoms with Crippen LogP contribution in [-0.4, -0.2) is 62.6 Å². The molecule has 0 aromatic carbocycles. The third kappa shape index (κ3) is 3.21. The lowest BCUT2D eigenvalue weighted by Gasteiger charge is -2.32. The minimum atomic E-state index is 0.207. The molecule has 1 aliphatic heterocycles. The number of aryl methyl sites for hydroxylation is 1. The van der Waals surface area contributed by atoms with Gasteiger partial charge in [-0.3, -0.25) is 10.2 Å². The lowest BCUT2D eigenvalue weighted by atomic mass is 10.1. The number of nitrogens with zero attached hydrogens (tertiary/aromatic N) is 7. The summed E-state index contributed by atoms with van der Waals surface area (Å²) < 4.78 is 7.45. The van der Waals surface area contributed by atoms with Gasteiger partial charge in [0.2, 0.25) is 0 Å². The summed E-state index contributed by atoms with van der Waals surface area (Å²) in [6.45, 7) is 6.44. The topological polar surface area (TPSA) is 91.9 Å².